The van der Waals surface area contributed by atoms with Crippen molar-refractivity contribution in [2.75, 3.05) is 6.61 Å². The van der Waals surface area contributed by atoms with Crippen LogP contribution in [0.2, 0.25) is 5.04 Å². The Morgan fingerprint density at radius 2 is 1.57 bits per heavy atom. The monoisotopic (exact) mass is 424 g/mol. The Morgan fingerprint density at radius 1 is 1.03 bits per heavy atom. The quantitative estimate of drug-likeness (QED) is 0.629. The van der Waals surface area contributed by atoms with Crippen LogP contribution in [0.4, 0.5) is 0 Å². The van der Waals surface area contributed by atoms with Crippen LogP contribution in [0.15, 0.2) is 60.7 Å². The van der Waals surface area contributed by atoms with Crippen molar-refractivity contribution in [2.45, 2.75) is 64.3 Å². The lowest BCUT2D eigenvalue weighted by Crippen LogP contribution is -2.65. The first-order chi connectivity index (χ1) is 14.3. The molecule has 2 aromatic rings. The number of benzene rings is 2. The lowest BCUT2D eigenvalue weighted by molar-refractivity contribution is -0.136. The summed E-state index contributed by atoms with van der Waals surface area (Å²) >= 11 is 0. The van der Waals surface area contributed by atoms with Crippen LogP contribution in [0.3, 0.4) is 0 Å². The van der Waals surface area contributed by atoms with Gasteiger partial charge in [-0.15, -0.1) is 0 Å². The maximum absolute atomic E-state index is 12.5. The molecule has 0 amide bonds. The maximum atomic E-state index is 12.5. The van der Waals surface area contributed by atoms with Gasteiger partial charge in [0.15, 0.2) is 0 Å². The van der Waals surface area contributed by atoms with Crippen LogP contribution in [0.5, 0.6) is 0 Å². The Hall–Kier alpha value is -1.75. The van der Waals surface area contributed by atoms with Crippen LogP contribution in [0, 0.1) is 11.3 Å². The molecule has 1 saturated carbocycles. The third kappa shape index (κ3) is 4.18. The van der Waals surface area contributed by atoms with Gasteiger partial charge in [-0.05, 0) is 47.0 Å². The standard InChI is InChI=1S/C26H36O3Si/c1-4-26(20-27)19-21(15-16-24(26)28)17-18-25(2,3)30(29,22-11-7-5-8-12-22)23-13-9-6-10-14-23/h5-14,21,27,29H,4,15-20H2,1-3H3/t21-,26-/m0/s1. The van der Waals surface area contributed by atoms with Crippen molar-refractivity contribution in [3.63, 3.8) is 0 Å². The zero-order chi connectivity index (χ0) is 21.8. The zero-order valence-corrected chi connectivity index (χ0v) is 19.6. The Labute approximate surface area is 182 Å². The molecule has 4 heteroatoms. The molecule has 30 heavy (non-hydrogen) atoms. The van der Waals surface area contributed by atoms with Crippen LogP contribution in [0.1, 0.15) is 59.3 Å². The highest BCUT2D eigenvalue weighted by molar-refractivity contribution is 6.98. The molecule has 0 bridgehead atoms. The molecular formula is C26H36O3Si. The topological polar surface area (TPSA) is 57.5 Å². The van der Waals surface area contributed by atoms with Gasteiger partial charge in [0.05, 0.1) is 12.0 Å². The second kappa shape index (κ2) is 9.17. The van der Waals surface area contributed by atoms with E-state index in [1.54, 1.807) is 0 Å². The number of hydrogen-bond acceptors (Lipinski definition) is 3. The number of hydrogen-bond donors (Lipinski definition) is 2. The fraction of sp³-hybridized carbons (Fsp3) is 0.500. The molecule has 1 aliphatic carbocycles. The molecule has 0 radical (unpaired) electrons. The van der Waals surface area contributed by atoms with Gasteiger partial charge in [0.25, 0.3) is 8.32 Å². The summed E-state index contributed by atoms with van der Waals surface area (Å²) in [6.07, 6.45) is 4.80. The van der Waals surface area contributed by atoms with Gasteiger partial charge in [0.1, 0.15) is 5.78 Å². The van der Waals surface area contributed by atoms with E-state index in [9.17, 15) is 14.7 Å². The third-order valence-corrected chi connectivity index (χ3v) is 12.1. The first-order valence-electron chi connectivity index (χ1n) is 11.3. The van der Waals surface area contributed by atoms with E-state index in [2.05, 4.69) is 38.1 Å². The van der Waals surface area contributed by atoms with Crippen molar-refractivity contribution in [3.8, 4) is 0 Å². The van der Waals surface area contributed by atoms with Crippen LogP contribution >= 0.6 is 0 Å². The summed E-state index contributed by atoms with van der Waals surface area (Å²) in [6.45, 7) is 6.37. The molecule has 0 unspecified atom stereocenters. The van der Waals surface area contributed by atoms with Crippen molar-refractivity contribution in [3.05, 3.63) is 60.7 Å². The van der Waals surface area contributed by atoms with E-state index in [1.807, 2.05) is 43.3 Å². The lowest BCUT2D eigenvalue weighted by Gasteiger charge is -2.43. The first kappa shape index (κ1) is 22.9. The summed E-state index contributed by atoms with van der Waals surface area (Å²) < 4.78 is 0. The Balaban J connectivity index is 1.85. The van der Waals surface area contributed by atoms with E-state index in [-0.39, 0.29) is 17.4 Å². The maximum Gasteiger partial charge on any atom is 0.258 e. The fourth-order valence-corrected chi connectivity index (χ4v) is 9.03. The minimum atomic E-state index is -3.00. The lowest BCUT2D eigenvalue weighted by atomic mass is 9.66. The molecule has 0 aliphatic heterocycles. The number of aliphatic hydroxyl groups is 1. The molecule has 3 rings (SSSR count). The van der Waals surface area contributed by atoms with Gasteiger partial charge in [-0.1, -0.05) is 87.9 Å². The van der Waals surface area contributed by atoms with Crippen LogP contribution in [-0.4, -0.2) is 30.6 Å². The summed E-state index contributed by atoms with van der Waals surface area (Å²) in [6, 6.07) is 20.3. The second-order valence-corrected chi connectivity index (χ2v) is 13.6. The molecule has 2 atom stereocenters. The minimum absolute atomic E-state index is 0.0467. The van der Waals surface area contributed by atoms with Crippen LogP contribution in [0.25, 0.3) is 0 Å². The van der Waals surface area contributed by atoms with Gasteiger partial charge in [-0.2, -0.15) is 0 Å². The van der Waals surface area contributed by atoms with Crippen molar-refractivity contribution in [1.82, 2.24) is 0 Å². The van der Waals surface area contributed by atoms with Gasteiger partial charge < -0.3 is 9.90 Å². The third-order valence-electron chi connectivity index (χ3n) is 7.57. The van der Waals surface area contributed by atoms with Gasteiger partial charge in [-0.25, -0.2) is 0 Å². The molecule has 0 saturated heterocycles. The van der Waals surface area contributed by atoms with E-state index in [0.717, 1.165) is 36.1 Å². The molecule has 0 spiro atoms. The average molecular weight is 425 g/mol. The number of aliphatic hydroxyl groups excluding tert-OH is 1. The summed E-state index contributed by atoms with van der Waals surface area (Å²) in [5.74, 6) is 0.640. The number of carbonyl (C=O) groups excluding carboxylic acids is 1. The number of carbonyl (C=O) groups is 1. The normalized spacial score (nSPS) is 22.8. The van der Waals surface area contributed by atoms with Gasteiger partial charge in [-0.3, -0.25) is 4.79 Å². The predicted octanol–water partition coefficient (Wildman–Crippen LogP) is 4.06. The number of ketones is 1. The molecule has 3 nitrogen and oxygen atoms in total. The first-order valence-corrected chi connectivity index (χ1v) is 13.2. The zero-order valence-electron chi connectivity index (χ0n) is 18.6. The van der Waals surface area contributed by atoms with E-state index < -0.39 is 13.7 Å². The highest BCUT2D eigenvalue weighted by atomic mass is 28.4. The van der Waals surface area contributed by atoms with Crippen molar-refractivity contribution < 1.29 is 14.7 Å². The second-order valence-electron chi connectivity index (χ2n) is 9.69. The molecule has 2 N–H and O–H groups in total. The molecule has 162 valence electrons. The SMILES string of the molecule is CC[C@@]1(CO)C[C@H](CCC(C)(C)[Si](O)(c2ccccc2)c2ccccc2)CCC1=O. The molecule has 0 heterocycles. The van der Waals surface area contributed by atoms with Gasteiger partial charge >= 0.3 is 0 Å². The fourth-order valence-electron chi connectivity index (χ4n) is 5.27. The largest absolute Gasteiger partial charge is 0.424 e. The van der Waals surface area contributed by atoms with E-state index >= 15 is 0 Å². The van der Waals surface area contributed by atoms with Crippen molar-refractivity contribution >= 4 is 24.5 Å². The smallest absolute Gasteiger partial charge is 0.258 e. The van der Waals surface area contributed by atoms with Gasteiger partial charge in [0.2, 0.25) is 0 Å². The average Bonchev–Trinajstić information content (AvgIpc) is 2.79. The van der Waals surface area contributed by atoms with Crippen molar-refractivity contribution in [1.29, 1.82) is 0 Å². The van der Waals surface area contributed by atoms with Gasteiger partial charge in [0, 0.05) is 6.42 Å². The highest BCUT2D eigenvalue weighted by Crippen LogP contribution is 2.45. The highest BCUT2D eigenvalue weighted by Gasteiger charge is 2.50. The van der Waals surface area contributed by atoms with E-state index in [4.69, 9.17) is 0 Å². The predicted molar refractivity (Wildman–Crippen MR) is 126 cm³/mol. The molecule has 1 aliphatic rings. The van der Waals surface area contributed by atoms with Crippen LogP contribution < -0.4 is 10.4 Å². The molecule has 2 aromatic carbocycles. The van der Waals surface area contributed by atoms with E-state index in [1.165, 1.54) is 0 Å². The number of rotatable bonds is 8. The Bertz CT molecular complexity index is 788. The minimum Gasteiger partial charge on any atom is -0.424 e. The molecule has 1 fully saturated rings. The summed E-state index contributed by atoms with van der Waals surface area (Å²) in [4.78, 5) is 24.8. The summed E-state index contributed by atoms with van der Waals surface area (Å²) in [5, 5.41) is 11.7. The molecule has 0 aromatic heterocycles. The Kier molecular flexibility index (Phi) is 7.01. The number of Topliss-reactive ketones (excluding diaryl/α,β-unsaturated/α-hetero) is 1. The Morgan fingerprint density at radius 3 is 2.03 bits per heavy atom. The summed E-state index contributed by atoms with van der Waals surface area (Å²) in [5.41, 5.74) is -0.556. The van der Waals surface area contributed by atoms with E-state index in [0.29, 0.717) is 18.8 Å². The van der Waals surface area contributed by atoms with Crippen molar-refractivity contribution in [2.24, 2.45) is 11.3 Å². The summed E-state index contributed by atoms with van der Waals surface area (Å²) in [7, 11) is -3.00. The van der Waals surface area contributed by atoms with Crippen LogP contribution in [-0.2, 0) is 4.79 Å². The molecular weight excluding hydrogens is 388 g/mol.